The number of hydrogen-bond acceptors (Lipinski definition) is 7. The summed E-state index contributed by atoms with van der Waals surface area (Å²) in [6.45, 7) is 5.99. The third-order valence-corrected chi connectivity index (χ3v) is 5.80. The Hall–Kier alpha value is -1.51. The van der Waals surface area contributed by atoms with Crippen molar-refractivity contribution in [3.05, 3.63) is 28.3 Å². The lowest BCUT2D eigenvalue weighted by Gasteiger charge is -1.98. The Morgan fingerprint density at radius 1 is 1.23 bits per heavy atom. The summed E-state index contributed by atoms with van der Waals surface area (Å²) in [7, 11) is 0. The number of fused-ring (bicyclic) bond motifs is 1. The molecule has 0 saturated heterocycles. The highest BCUT2D eigenvalue weighted by molar-refractivity contribution is 8.01. The molecule has 0 spiro atoms. The van der Waals surface area contributed by atoms with Gasteiger partial charge in [0.15, 0.2) is 9.47 Å². The Bertz CT molecular complexity index is 840. The summed E-state index contributed by atoms with van der Waals surface area (Å²) >= 11 is 4.38. The molecule has 5 nitrogen and oxygen atoms in total. The van der Waals surface area contributed by atoms with Crippen molar-refractivity contribution in [2.75, 3.05) is 11.1 Å². The van der Waals surface area contributed by atoms with Gasteiger partial charge in [0.05, 0.1) is 16.0 Å². The van der Waals surface area contributed by atoms with Crippen LogP contribution in [0, 0.1) is 20.8 Å². The maximum atomic E-state index is 12.0. The van der Waals surface area contributed by atoms with E-state index in [1.165, 1.54) is 40.0 Å². The quantitative estimate of drug-likeness (QED) is 0.725. The standard InChI is InChI=1S/C14H14N4OS3/c1-7-4-8(2)12-10(5-7)22-13(16-12)15-11(19)6-20-14-18-17-9(3)21-14/h4-5H,6H2,1-3H3,(H,15,16,19). The van der Waals surface area contributed by atoms with Gasteiger partial charge in [-0.05, 0) is 38.0 Å². The second-order valence-electron chi connectivity index (χ2n) is 4.87. The van der Waals surface area contributed by atoms with E-state index >= 15 is 0 Å². The molecule has 2 heterocycles. The van der Waals surface area contributed by atoms with Crippen LogP contribution in [0.15, 0.2) is 16.5 Å². The largest absolute Gasteiger partial charge is 0.301 e. The number of aromatic nitrogens is 3. The van der Waals surface area contributed by atoms with Crippen LogP contribution in [0.2, 0.25) is 0 Å². The van der Waals surface area contributed by atoms with Crippen molar-refractivity contribution in [3.63, 3.8) is 0 Å². The van der Waals surface area contributed by atoms with E-state index in [9.17, 15) is 4.79 Å². The van der Waals surface area contributed by atoms with Gasteiger partial charge in [0.2, 0.25) is 5.91 Å². The molecular weight excluding hydrogens is 336 g/mol. The molecule has 0 aliphatic heterocycles. The highest BCUT2D eigenvalue weighted by atomic mass is 32.2. The molecule has 0 unspecified atom stereocenters. The van der Waals surface area contributed by atoms with Crippen molar-refractivity contribution in [2.24, 2.45) is 0 Å². The lowest BCUT2D eigenvalue weighted by atomic mass is 10.1. The molecule has 0 fully saturated rings. The van der Waals surface area contributed by atoms with Gasteiger partial charge in [0.1, 0.15) is 5.01 Å². The monoisotopic (exact) mass is 350 g/mol. The molecule has 3 rings (SSSR count). The van der Waals surface area contributed by atoms with Crippen LogP contribution in [0.4, 0.5) is 5.13 Å². The van der Waals surface area contributed by atoms with Crippen LogP contribution >= 0.6 is 34.4 Å². The van der Waals surface area contributed by atoms with Crippen LogP contribution in [0.5, 0.6) is 0 Å². The average molecular weight is 350 g/mol. The zero-order valence-corrected chi connectivity index (χ0v) is 14.8. The minimum absolute atomic E-state index is 0.0775. The van der Waals surface area contributed by atoms with Crippen LogP contribution in [0.1, 0.15) is 16.1 Å². The number of thioether (sulfide) groups is 1. The third kappa shape index (κ3) is 3.45. The van der Waals surface area contributed by atoms with Crippen molar-refractivity contribution in [1.82, 2.24) is 15.2 Å². The van der Waals surface area contributed by atoms with Crippen LogP contribution < -0.4 is 5.32 Å². The van der Waals surface area contributed by atoms with Gasteiger partial charge in [0, 0.05) is 0 Å². The molecule has 2 aromatic heterocycles. The van der Waals surface area contributed by atoms with Crippen LogP contribution in [0.25, 0.3) is 10.2 Å². The Morgan fingerprint density at radius 2 is 2.05 bits per heavy atom. The maximum Gasteiger partial charge on any atom is 0.236 e. The SMILES string of the molecule is Cc1cc(C)c2nc(NC(=O)CSc3nnc(C)s3)sc2c1. The Balaban J connectivity index is 1.67. The molecule has 1 amide bonds. The molecule has 0 radical (unpaired) electrons. The van der Waals surface area contributed by atoms with Crippen molar-refractivity contribution in [3.8, 4) is 0 Å². The van der Waals surface area contributed by atoms with Crippen LogP contribution in [-0.4, -0.2) is 26.8 Å². The number of aryl methyl sites for hydroxylation is 3. The number of carbonyl (C=O) groups excluding carboxylic acids is 1. The van der Waals surface area contributed by atoms with Crippen molar-refractivity contribution < 1.29 is 4.79 Å². The van der Waals surface area contributed by atoms with Crippen molar-refractivity contribution in [1.29, 1.82) is 0 Å². The number of nitrogens with zero attached hydrogens (tertiary/aromatic N) is 3. The zero-order chi connectivity index (χ0) is 15.7. The normalized spacial score (nSPS) is 11.0. The van der Waals surface area contributed by atoms with Gasteiger partial charge in [-0.2, -0.15) is 0 Å². The molecule has 3 aromatic rings. The molecular formula is C14H14N4OS3. The molecule has 0 aliphatic carbocycles. The highest BCUT2D eigenvalue weighted by Crippen LogP contribution is 2.29. The zero-order valence-electron chi connectivity index (χ0n) is 12.3. The maximum absolute atomic E-state index is 12.0. The molecule has 1 aromatic carbocycles. The molecule has 0 atom stereocenters. The Labute approximate surface area is 140 Å². The van der Waals surface area contributed by atoms with E-state index in [-0.39, 0.29) is 5.91 Å². The second kappa shape index (κ2) is 6.31. The van der Waals surface area contributed by atoms with Crippen LogP contribution in [-0.2, 0) is 4.79 Å². The predicted molar refractivity (Wildman–Crippen MR) is 93.1 cm³/mol. The van der Waals surface area contributed by atoms with Crippen molar-refractivity contribution in [2.45, 2.75) is 25.1 Å². The van der Waals surface area contributed by atoms with E-state index in [1.807, 2.05) is 13.8 Å². The molecule has 114 valence electrons. The first-order valence-corrected chi connectivity index (χ1v) is 9.23. The van der Waals surface area contributed by atoms with Gasteiger partial charge in [0.25, 0.3) is 0 Å². The summed E-state index contributed by atoms with van der Waals surface area (Å²) < 4.78 is 1.91. The third-order valence-electron chi connectivity index (χ3n) is 2.91. The molecule has 0 saturated carbocycles. The van der Waals surface area contributed by atoms with E-state index < -0.39 is 0 Å². The summed E-state index contributed by atoms with van der Waals surface area (Å²) in [5.41, 5.74) is 3.29. The summed E-state index contributed by atoms with van der Waals surface area (Å²) in [4.78, 5) is 16.5. The van der Waals surface area contributed by atoms with E-state index in [2.05, 4.69) is 39.6 Å². The summed E-state index contributed by atoms with van der Waals surface area (Å²) in [6.07, 6.45) is 0. The number of thiazole rings is 1. The fourth-order valence-corrected chi connectivity index (χ4v) is 4.72. The fourth-order valence-electron chi connectivity index (χ4n) is 2.04. The summed E-state index contributed by atoms with van der Waals surface area (Å²) in [6, 6.07) is 4.19. The van der Waals surface area contributed by atoms with Gasteiger partial charge in [-0.1, -0.05) is 40.5 Å². The van der Waals surface area contributed by atoms with Crippen LogP contribution in [0.3, 0.4) is 0 Å². The van der Waals surface area contributed by atoms with Gasteiger partial charge in [-0.3, -0.25) is 4.79 Å². The minimum Gasteiger partial charge on any atom is -0.301 e. The first-order chi connectivity index (χ1) is 10.5. The highest BCUT2D eigenvalue weighted by Gasteiger charge is 2.11. The second-order valence-corrected chi connectivity index (χ2v) is 8.31. The van der Waals surface area contributed by atoms with E-state index in [4.69, 9.17) is 0 Å². The molecule has 8 heteroatoms. The number of benzene rings is 1. The number of carbonyl (C=O) groups is 1. The fraction of sp³-hybridized carbons (Fsp3) is 0.286. The number of hydrogen-bond donors (Lipinski definition) is 1. The summed E-state index contributed by atoms with van der Waals surface area (Å²) in [5, 5.41) is 12.3. The van der Waals surface area contributed by atoms with Gasteiger partial charge in [-0.15, -0.1) is 10.2 Å². The number of rotatable bonds is 4. The number of amides is 1. The lowest BCUT2D eigenvalue weighted by Crippen LogP contribution is -2.13. The number of nitrogens with one attached hydrogen (secondary N) is 1. The average Bonchev–Trinajstić information content (AvgIpc) is 3.02. The van der Waals surface area contributed by atoms with E-state index in [0.29, 0.717) is 10.9 Å². The minimum atomic E-state index is -0.0775. The lowest BCUT2D eigenvalue weighted by molar-refractivity contribution is -0.113. The molecule has 1 N–H and O–H groups in total. The first-order valence-electron chi connectivity index (χ1n) is 6.62. The van der Waals surface area contributed by atoms with Gasteiger partial charge < -0.3 is 5.32 Å². The smallest absolute Gasteiger partial charge is 0.236 e. The van der Waals surface area contributed by atoms with Gasteiger partial charge in [-0.25, -0.2) is 4.98 Å². The number of anilines is 1. The molecule has 22 heavy (non-hydrogen) atoms. The van der Waals surface area contributed by atoms with Crippen molar-refractivity contribution >= 4 is 55.7 Å². The molecule has 0 aliphatic rings. The Kier molecular flexibility index (Phi) is 4.42. The van der Waals surface area contributed by atoms with E-state index in [1.54, 1.807) is 0 Å². The first kappa shape index (κ1) is 15.4. The molecule has 0 bridgehead atoms. The Morgan fingerprint density at radius 3 is 2.77 bits per heavy atom. The van der Waals surface area contributed by atoms with Gasteiger partial charge >= 0.3 is 0 Å². The summed E-state index contributed by atoms with van der Waals surface area (Å²) in [5.74, 6) is 0.231. The topological polar surface area (TPSA) is 67.8 Å². The predicted octanol–water partition coefficient (Wildman–Crippen LogP) is 3.80. The van der Waals surface area contributed by atoms with E-state index in [0.717, 1.165) is 25.1 Å².